The number of aliphatic carboxylic acids is 1. The zero-order chi connectivity index (χ0) is 20.3. The largest absolute Gasteiger partial charge is 0.480 e. The Labute approximate surface area is 160 Å². The predicted octanol–water partition coefficient (Wildman–Crippen LogP) is 2.99. The average molecular weight is 381 g/mol. The van der Waals surface area contributed by atoms with Gasteiger partial charge in [-0.1, -0.05) is 30.3 Å². The maximum Gasteiger partial charge on any atom is 0.326 e. The second-order valence-electron chi connectivity index (χ2n) is 6.54. The van der Waals surface area contributed by atoms with Crippen LogP contribution in [0.1, 0.15) is 24.0 Å². The van der Waals surface area contributed by atoms with Crippen LogP contribution in [-0.2, 0) is 16.0 Å². The summed E-state index contributed by atoms with van der Waals surface area (Å²) in [6.07, 6.45) is 2.04. The summed E-state index contributed by atoms with van der Waals surface area (Å²) in [4.78, 5) is 37.0. The van der Waals surface area contributed by atoms with Gasteiger partial charge in [-0.05, 0) is 23.6 Å². The highest BCUT2D eigenvalue weighted by molar-refractivity contribution is 5.87. The number of hydrogen-bond acceptors (Lipinski definition) is 4. The normalized spacial score (nSPS) is 13.0. The van der Waals surface area contributed by atoms with Crippen molar-refractivity contribution < 1.29 is 19.6 Å². The number of nitrogens with one attached hydrogen (secondary N) is 2. The molecular weight excluding hydrogens is 362 g/mol. The second-order valence-corrected chi connectivity index (χ2v) is 6.54. The molecule has 3 aromatic rings. The van der Waals surface area contributed by atoms with Crippen LogP contribution in [0, 0.1) is 10.1 Å². The molecule has 3 N–H and O–H groups in total. The Bertz CT molecular complexity index is 1030. The molecule has 144 valence electrons. The van der Waals surface area contributed by atoms with Gasteiger partial charge in [0.15, 0.2) is 0 Å². The summed E-state index contributed by atoms with van der Waals surface area (Å²) < 4.78 is 0. The first kappa shape index (κ1) is 19.1. The van der Waals surface area contributed by atoms with Crippen LogP contribution in [0.15, 0.2) is 54.7 Å². The van der Waals surface area contributed by atoms with E-state index in [4.69, 9.17) is 0 Å². The van der Waals surface area contributed by atoms with Gasteiger partial charge >= 0.3 is 5.97 Å². The van der Waals surface area contributed by atoms with Gasteiger partial charge in [0.2, 0.25) is 5.91 Å². The number of benzene rings is 2. The van der Waals surface area contributed by atoms with Crippen LogP contribution < -0.4 is 5.32 Å². The van der Waals surface area contributed by atoms with Gasteiger partial charge in [0, 0.05) is 42.1 Å². The molecule has 2 unspecified atom stereocenters. The van der Waals surface area contributed by atoms with Crippen molar-refractivity contribution in [3.63, 3.8) is 0 Å². The van der Waals surface area contributed by atoms with Crippen LogP contribution in [0.4, 0.5) is 5.69 Å². The zero-order valence-corrected chi connectivity index (χ0v) is 15.1. The molecule has 0 saturated heterocycles. The van der Waals surface area contributed by atoms with Crippen molar-refractivity contribution in [1.82, 2.24) is 10.3 Å². The van der Waals surface area contributed by atoms with E-state index < -0.39 is 28.8 Å². The van der Waals surface area contributed by atoms with Crippen molar-refractivity contribution in [2.45, 2.75) is 25.3 Å². The number of carboxylic acid groups (broad SMARTS) is 1. The molecule has 0 radical (unpaired) electrons. The summed E-state index contributed by atoms with van der Waals surface area (Å²) in [7, 11) is 0. The van der Waals surface area contributed by atoms with Crippen LogP contribution in [-0.4, -0.2) is 32.9 Å². The smallest absolute Gasteiger partial charge is 0.326 e. The topological polar surface area (TPSA) is 125 Å². The lowest BCUT2D eigenvalue weighted by molar-refractivity contribution is -0.384. The molecular formula is C20H19N3O5. The third kappa shape index (κ3) is 4.01. The maximum atomic E-state index is 11.9. The fourth-order valence-electron chi connectivity index (χ4n) is 3.37. The van der Waals surface area contributed by atoms with Crippen LogP contribution in [0.3, 0.4) is 0 Å². The molecule has 0 saturated carbocycles. The second kappa shape index (κ2) is 7.91. The van der Waals surface area contributed by atoms with E-state index in [1.165, 1.54) is 19.1 Å². The minimum Gasteiger partial charge on any atom is -0.480 e. The number of nitrogens with zero attached hydrogens (tertiary/aromatic N) is 1. The van der Waals surface area contributed by atoms with Gasteiger partial charge in [0.05, 0.1) is 4.92 Å². The van der Waals surface area contributed by atoms with E-state index in [2.05, 4.69) is 10.3 Å². The Kier molecular flexibility index (Phi) is 5.39. The van der Waals surface area contributed by atoms with E-state index in [9.17, 15) is 24.8 Å². The molecule has 1 amide bonds. The molecule has 0 spiro atoms. The fourth-order valence-corrected chi connectivity index (χ4v) is 3.37. The summed E-state index contributed by atoms with van der Waals surface area (Å²) >= 11 is 0. The molecule has 2 aromatic carbocycles. The molecule has 0 aliphatic carbocycles. The highest BCUT2D eigenvalue weighted by atomic mass is 16.6. The first-order valence-corrected chi connectivity index (χ1v) is 8.66. The predicted molar refractivity (Wildman–Crippen MR) is 103 cm³/mol. The Morgan fingerprint density at radius 2 is 1.86 bits per heavy atom. The number of carbonyl (C=O) groups is 2. The van der Waals surface area contributed by atoms with Crippen molar-refractivity contribution in [3.8, 4) is 0 Å². The number of nitro groups is 1. The minimum absolute atomic E-state index is 0.0379. The summed E-state index contributed by atoms with van der Waals surface area (Å²) in [6.45, 7) is 1.27. The molecule has 28 heavy (non-hydrogen) atoms. The molecule has 0 aliphatic heterocycles. The first-order valence-electron chi connectivity index (χ1n) is 8.66. The summed E-state index contributed by atoms with van der Waals surface area (Å²) in [5, 5.41) is 24.0. The van der Waals surface area contributed by atoms with Crippen molar-refractivity contribution in [2.24, 2.45) is 0 Å². The monoisotopic (exact) mass is 381 g/mol. The molecule has 1 aromatic heterocycles. The number of hydrogen-bond donors (Lipinski definition) is 3. The highest BCUT2D eigenvalue weighted by Gasteiger charge is 2.32. The summed E-state index contributed by atoms with van der Waals surface area (Å²) in [6, 6.07) is 12.3. The van der Waals surface area contributed by atoms with Gasteiger partial charge in [-0.25, -0.2) is 4.79 Å². The van der Waals surface area contributed by atoms with Crippen molar-refractivity contribution in [2.75, 3.05) is 0 Å². The Balaban J connectivity index is 2.04. The number of H-pyrrole nitrogens is 1. The number of nitro benzene ring substituents is 1. The zero-order valence-electron chi connectivity index (χ0n) is 15.1. The van der Waals surface area contributed by atoms with Gasteiger partial charge in [0.1, 0.15) is 6.04 Å². The van der Waals surface area contributed by atoms with Crippen molar-refractivity contribution >= 4 is 28.5 Å². The lowest BCUT2D eigenvalue weighted by atomic mass is 9.85. The Morgan fingerprint density at radius 3 is 2.46 bits per heavy atom. The fraction of sp³-hybridized carbons (Fsp3) is 0.200. The van der Waals surface area contributed by atoms with E-state index in [1.807, 2.05) is 24.3 Å². The quantitative estimate of drug-likeness (QED) is 0.428. The molecule has 0 aliphatic rings. The maximum absolute atomic E-state index is 11.9. The van der Waals surface area contributed by atoms with Crippen LogP contribution in [0.25, 0.3) is 10.9 Å². The van der Waals surface area contributed by atoms with E-state index in [-0.39, 0.29) is 12.1 Å². The van der Waals surface area contributed by atoms with Crippen LogP contribution >= 0.6 is 0 Å². The number of carbonyl (C=O) groups excluding carboxylic acids is 1. The number of rotatable bonds is 7. The van der Waals surface area contributed by atoms with E-state index in [0.29, 0.717) is 0 Å². The van der Waals surface area contributed by atoms with Gasteiger partial charge in [-0.2, -0.15) is 0 Å². The third-order valence-corrected chi connectivity index (χ3v) is 4.65. The number of aromatic nitrogens is 1. The standard InChI is InChI=1S/C20H19N3O5/c1-12(24)22-19(20(25)26)16(10-13-6-8-14(9-7-13)23(27)28)17-11-21-18-5-3-2-4-15(17)18/h2-9,11,16,19,21H,10H2,1H3,(H,22,24)(H,25,26). The number of aromatic amines is 1. The SMILES string of the molecule is CC(=O)NC(C(=O)O)C(Cc1ccc([N+](=O)[O-])cc1)c1c[nH]c2ccccc12. The van der Waals surface area contributed by atoms with Crippen molar-refractivity contribution in [1.29, 1.82) is 0 Å². The first-order chi connectivity index (χ1) is 13.4. The minimum atomic E-state index is -1.15. The van der Waals surface area contributed by atoms with Gasteiger partial charge in [-0.15, -0.1) is 0 Å². The number of carboxylic acids is 1. The third-order valence-electron chi connectivity index (χ3n) is 4.65. The number of non-ortho nitro benzene ring substituents is 1. The molecule has 0 bridgehead atoms. The van der Waals surface area contributed by atoms with Crippen LogP contribution in [0.2, 0.25) is 0 Å². The number of fused-ring (bicyclic) bond motifs is 1. The summed E-state index contributed by atoms with van der Waals surface area (Å²) in [5.74, 6) is -2.16. The van der Waals surface area contributed by atoms with Crippen LogP contribution in [0.5, 0.6) is 0 Å². The molecule has 0 fully saturated rings. The van der Waals surface area contributed by atoms with E-state index >= 15 is 0 Å². The molecule has 8 nitrogen and oxygen atoms in total. The van der Waals surface area contributed by atoms with Gasteiger partial charge in [0.25, 0.3) is 5.69 Å². The van der Waals surface area contributed by atoms with Crippen molar-refractivity contribution in [3.05, 3.63) is 76.0 Å². The summed E-state index contributed by atoms with van der Waals surface area (Å²) in [5.41, 5.74) is 2.31. The van der Waals surface area contributed by atoms with Gasteiger partial charge in [-0.3, -0.25) is 14.9 Å². The molecule has 3 rings (SSSR count). The number of para-hydroxylation sites is 1. The lowest BCUT2D eigenvalue weighted by Gasteiger charge is -2.24. The molecule has 2 atom stereocenters. The Morgan fingerprint density at radius 1 is 1.18 bits per heavy atom. The molecule has 8 heteroatoms. The molecule has 1 heterocycles. The lowest BCUT2D eigenvalue weighted by Crippen LogP contribution is -2.44. The average Bonchev–Trinajstić information content (AvgIpc) is 3.08. The highest BCUT2D eigenvalue weighted by Crippen LogP contribution is 2.31. The van der Waals surface area contributed by atoms with Gasteiger partial charge < -0.3 is 15.4 Å². The van der Waals surface area contributed by atoms with E-state index in [0.717, 1.165) is 22.0 Å². The number of amides is 1. The van der Waals surface area contributed by atoms with E-state index in [1.54, 1.807) is 18.3 Å². The Hall–Kier alpha value is -3.68.